The number of hydrogen-bond donors (Lipinski definition) is 0. The van der Waals surface area contributed by atoms with E-state index in [1.165, 1.54) is 6.92 Å². The summed E-state index contributed by atoms with van der Waals surface area (Å²) in [5.74, 6) is -0.437. The molecule has 1 aromatic carbocycles. The summed E-state index contributed by atoms with van der Waals surface area (Å²) in [6.07, 6.45) is -0.460. The molecule has 2 rings (SSSR count). The summed E-state index contributed by atoms with van der Waals surface area (Å²) >= 11 is 0. The summed E-state index contributed by atoms with van der Waals surface area (Å²) < 4.78 is 21.0. The third-order valence-electron chi connectivity index (χ3n) is 2.85. The van der Waals surface area contributed by atoms with Crippen LogP contribution in [0.2, 0.25) is 0 Å². The molecule has 0 aliphatic rings. The second-order valence-corrected chi connectivity index (χ2v) is 4.80. The average molecular weight is 321 g/mol. The third-order valence-corrected chi connectivity index (χ3v) is 2.85. The predicted molar refractivity (Wildman–Crippen MR) is 80.7 cm³/mol. The van der Waals surface area contributed by atoms with E-state index in [0.717, 1.165) is 0 Å². The topological polar surface area (TPSA) is 87.9 Å². The molecule has 0 spiro atoms. The number of esters is 2. The molecule has 1 heterocycles. The Kier molecular flexibility index (Phi) is 5.56. The Bertz CT molecular complexity index is 693. The maximum absolute atomic E-state index is 11.7. The van der Waals surface area contributed by atoms with Gasteiger partial charge in [0.25, 0.3) is 5.89 Å². The molecule has 0 amide bonds. The zero-order chi connectivity index (χ0) is 16.8. The highest BCUT2D eigenvalue weighted by molar-refractivity contribution is 5.75. The molecule has 0 saturated heterocycles. The normalized spacial score (nSPS) is 12.0. The van der Waals surface area contributed by atoms with Gasteiger partial charge in [0, 0.05) is 19.4 Å². The molecule has 0 saturated carbocycles. The molecule has 0 aliphatic carbocycles. The van der Waals surface area contributed by atoms with Crippen molar-refractivity contribution in [2.24, 2.45) is 0 Å². The number of carbonyl (C=O) groups excluding carboxylic acids is 2. The van der Waals surface area contributed by atoms with Crippen LogP contribution >= 0.6 is 0 Å². The molecular formula is C16H19NO6. The fraction of sp³-hybridized carbons (Fsp3) is 0.438. The fourth-order valence-corrected chi connectivity index (χ4v) is 1.94. The van der Waals surface area contributed by atoms with Crippen molar-refractivity contribution in [3.05, 3.63) is 24.1 Å². The molecule has 0 fully saturated rings. The molecule has 1 aromatic heterocycles. The van der Waals surface area contributed by atoms with E-state index in [9.17, 15) is 9.59 Å². The van der Waals surface area contributed by atoms with Gasteiger partial charge in [-0.15, -0.1) is 0 Å². The monoisotopic (exact) mass is 321 g/mol. The summed E-state index contributed by atoms with van der Waals surface area (Å²) in [5.41, 5.74) is 1.00. The number of ether oxygens (including phenoxy) is 3. The van der Waals surface area contributed by atoms with Gasteiger partial charge in [-0.25, -0.2) is 4.98 Å². The van der Waals surface area contributed by atoms with Crippen molar-refractivity contribution in [2.75, 3.05) is 6.61 Å². The number of rotatable bonds is 7. The van der Waals surface area contributed by atoms with Crippen molar-refractivity contribution in [2.45, 2.75) is 39.9 Å². The molecule has 0 aliphatic heterocycles. The first-order chi connectivity index (χ1) is 11.0. The highest BCUT2D eigenvalue weighted by atomic mass is 16.7. The summed E-state index contributed by atoms with van der Waals surface area (Å²) in [6, 6.07) is 5.13. The van der Waals surface area contributed by atoms with Crippen LogP contribution in [-0.2, 0) is 19.1 Å². The quantitative estimate of drug-likeness (QED) is 0.572. The number of fused-ring (bicyclic) bond motifs is 1. The van der Waals surface area contributed by atoms with Gasteiger partial charge in [0.05, 0.1) is 6.61 Å². The lowest BCUT2D eigenvalue weighted by Gasteiger charge is -2.13. The van der Waals surface area contributed by atoms with E-state index in [4.69, 9.17) is 18.6 Å². The van der Waals surface area contributed by atoms with Crippen molar-refractivity contribution in [1.29, 1.82) is 0 Å². The van der Waals surface area contributed by atoms with E-state index in [1.54, 1.807) is 18.2 Å². The van der Waals surface area contributed by atoms with Crippen molar-refractivity contribution in [1.82, 2.24) is 4.98 Å². The molecule has 0 N–H and O–H groups in total. The molecule has 7 heteroatoms. The maximum atomic E-state index is 11.7. The Hall–Kier alpha value is -2.57. The van der Waals surface area contributed by atoms with Crippen LogP contribution in [0.1, 0.15) is 45.8 Å². The molecule has 1 atom stereocenters. The summed E-state index contributed by atoms with van der Waals surface area (Å²) in [7, 11) is 0. The van der Waals surface area contributed by atoms with Crippen LogP contribution in [-0.4, -0.2) is 23.5 Å². The summed E-state index contributed by atoms with van der Waals surface area (Å²) in [5, 5.41) is 0. The van der Waals surface area contributed by atoms with E-state index in [-0.39, 0.29) is 12.3 Å². The van der Waals surface area contributed by atoms with Gasteiger partial charge in [-0.05, 0) is 25.5 Å². The van der Waals surface area contributed by atoms with E-state index >= 15 is 0 Å². The van der Waals surface area contributed by atoms with Crippen LogP contribution in [0.5, 0.6) is 5.75 Å². The van der Waals surface area contributed by atoms with Crippen molar-refractivity contribution >= 4 is 23.0 Å². The number of nitrogens with zero attached hydrogens (tertiary/aromatic N) is 1. The van der Waals surface area contributed by atoms with E-state index in [0.29, 0.717) is 29.9 Å². The van der Waals surface area contributed by atoms with E-state index in [1.807, 2.05) is 13.8 Å². The van der Waals surface area contributed by atoms with Gasteiger partial charge < -0.3 is 18.6 Å². The van der Waals surface area contributed by atoms with Crippen LogP contribution in [0.25, 0.3) is 11.1 Å². The lowest BCUT2D eigenvalue weighted by atomic mass is 10.3. The van der Waals surface area contributed by atoms with Gasteiger partial charge in [-0.2, -0.15) is 0 Å². The first-order valence-electron chi connectivity index (χ1n) is 7.43. The van der Waals surface area contributed by atoms with Gasteiger partial charge >= 0.3 is 18.2 Å². The lowest BCUT2D eigenvalue weighted by molar-refractivity contribution is -0.192. The first-order valence-corrected chi connectivity index (χ1v) is 7.43. The highest BCUT2D eigenvalue weighted by Crippen LogP contribution is 2.27. The SMILES string of the molecule is CCCC(=O)OC(OC(C)=O)c1nc2cc(OCC)ccc2o1. The average Bonchev–Trinajstić information content (AvgIpc) is 2.90. The molecule has 0 bridgehead atoms. The number of hydrogen-bond acceptors (Lipinski definition) is 7. The van der Waals surface area contributed by atoms with Gasteiger partial charge in [-0.3, -0.25) is 9.59 Å². The largest absolute Gasteiger partial charge is 0.494 e. The third kappa shape index (κ3) is 4.45. The molecule has 2 aromatic rings. The minimum atomic E-state index is -1.30. The van der Waals surface area contributed by atoms with Crippen molar-refractivity contribution in [3.8, 4) is 5.75 Å². The van der Waals surface area contributed by atoms with E-state index < -0.39 is 18.2 Å². The zero-order valence-electron chi connectivity index (χ0n) is 13.3. The minimum absolute atomic E-state index is 0.00769. The Morgan fingerprint density at radius 1 is 1.26 bits per heavy atom. The second kappa shape index (κ2) is 7.62. The standard InChI is InChI=1S/C16H19NO6/c1-4-6-14(19)23-16(21-10(3)18)15-17-12-9-11(20-5-2)7-8-13(12)22-15/h7-9,16H,4-6H2,1-3H3. The van der Waals surface area contributed by atoms with E-state index in [2.05, 4.69) is 4.98 Å². The summed E-state index contributed by atoms with van der Waals surface area (Å²) in [6.45, 7) is 5.47. The molecule has 7 nitrogen and oxygen atoms in total. The van der Waals surface area contributed by atoms with Crippen LogP contribution in [0.4, 0.5) is 0 Å². The number of oxazole rings is 1. The molecule has 0 radical (unpaired) electrons. The van der Waals surface area contributed by atoms with Crippen LogP contribution in [0, 0.1) is 0 Å². The van der Waals surface area contributed by atoms with Crippen LogP contribution < -0.4 is 4.74 Å². The highest BCUT2D eigenvalue weighted by Gasteiger charge is 2.25. The smallest absolute Gasteiger partial charge is 0.323 e. The van der Waals surface area contributed by atoms with Crippen LogP contribution in [0.3, 0.4) is 0 Å². The van der Waals surface area contributed by atoms with Crippen LogP contribution in [0.15, 0.2) is 22.6 Å². The Labute approximate surface area is 133 Å². The molecule has 23 heavy (non-hydrogen) atoms. The van der Waals surface area contributed by atoms with Gasteiger partial charge in [0.2, 0.25) is 0 Å². The van der Waals surface area contributed by atoms with Gasteiger partial charge in [-0.1, -0.05) is 6.92 Å². The fourth-order valence-electron chi connectivity index (χ4n) is 1.94. The summed E-state index contributed by atoms with van der Waals surface area (Å²) in [4.78, 5) is 27.1. The van der Waals surface area contributed by atoms with Gasteiger partial charge in [0.15, 0.2) is 5.58 Å². The second-order valence-electron chi connectivity index (χ2n) is 4.80. The Balaban J connectivity index is 2.27. The van der Waals surface area contributed by atoms with Crippen molar-refractivity contribution in [3.63, 3.8) is 0 Å². The minimum Gasteiger partial charge on any atom is -0.494 e. The first kappa shape index (κ1) is 16.8. The number of benzene rings is 1. The molecule has 1 unspecified atom stereocenters. The van der Waals surface area contributed by atoms with Gasteiger partial charge in [0.1, 0.15) is 11.3 Å². The Morgan fingerprint density at radius 3 is 2.70 bits per heavy atom. The number of aromatic nitrogens is 1. The predicted octanol–water partition coefficient (Wildman–Crippen LogP) is 3.13. The molecular weight excluding hydrogens is 302 g/mol. The maximum Gasteiger partial charge on any atom is 0.323 e. The van der Waals surface area contributed by atoms with Crippen molar-refractivity contribution < 1.29 is 28.2 Å². The lowest BCUT2D eigenvalue weighted by Crippen LogP contribution is -2.16. The Morgan fingerprint density at radius 2 is 2.04 bits per heavy atom. The number of carbonyl (C=O) groups is 2. The molecule has 124 valence electrons. The zero-order valence-corrected chi connectivity index (χ0v) is 13.3.